The molecule has 0 saturated heterocycles. The lowest BCUT2D eigenvalue weighted by Crippen LogP contribution is -2.24. The van der Waals surface area contributed by atoms with Gasteiger partial charge in [0.05, 0.1) is 24.9 Å². The molecule has 2 unspecified atom stereocenters. The highest BCUT2D eigenvalue weighted by Gasteiger charge is 2.44. The van der Waals surface area contributed by atoms with Crippen molar-refractivity contribution in [2.24, 2.45) is 0 Å². The van der Waals surface area contributed by atoms with E-state index in [-0.39, 0.29) is 39.5 Å². The van der Waals surface area contributed by atoms with Gasteiger partial charge in [-0.15, -0.1) is 38.5 Å². The molecule has 7 rings (SSSR count). The van der Waals surface area contributed by atoms with Gasteiger partial charge in [-0.25, -0.2) is 0 Å². The van der Waals surface area contributed by atoms with E-state index in [0.29, 0.717) is 23.0 Å². The summed E-state index contributed by atoms with van der Waals surface area (Å²) in [4.78, 5) is 0. The quantitative estimate of drug-likeness (QED) is 0.123. The monoisotopic (exact) mass is 702 g/mol. The summed E-state index contributed by atoms with van der Waals surface area (Å²) in [6, 6.07) is 27.8. The highest BCUT2D eigenvalue weighted by atomic mass is 16.5. The first-order valence-corrected chi connectivity index (χ1v) is 17.2. The van der Waals surface area contributed by atoms with Gasteiger partial charge in [-0.1, -0.05) is 71.9 Å². The maximum absolute atomic E-state index is 6.31. The molecule has 0 aliphatic heterocycles. The van der Waals surface area contributed by atoms with E-state index in [4.69, 9.17) is 57.5 Å². The molecule has 54 heavy (non-hydrogen) atoms. The van der Waals surface area contributed by atoms with Crippen LogP contribution >= 0.6 is 0 Å². The van der Waals surface area contributed by atoms with E-state index < -0.39 is 11.8 Å². The molecule has 0 fully saturated rings. The molecule has 260 valence electrons. The zero-order valence-electron chi connectivity index (χ0n) is 29.5. The van der Waals surface area contributed by atoms with E-state index in [1.54, 1.807) is 0 Å². The van der Waals surface area contributed by atoms with Crippen molar-refractivity contribution in [3.05, 3.63) is 119 Å². The molecule has 4 aromatic carbocycles. The zero-order chi connectivity index (χ0) is 37.6. The first-order valence-electron chi connectivity index (χ1n) is 17.2. The minimum Gasteiger partial charge on any atom is -0.481 e. The summed E-state index contributed by atoms with van der Waals surface area (Å²) in [6.07, 6.45) is 35.0. The largest absolute Gasteiger partial charge is 0.481 e. The average Bonchev–Trinajstić information content (AvgIpc) is 3.70. The predicted octanol–water partition coefficient (Wildman–Crippen LogP) is 7.58. The molecular weight excluding hydrogens is 669 g/mol. The maximum atomic E-state index is 6.31. The number of nitrogens with zero attached hydrogens (tertiary/aromatic N) is 2. The predicted molar refractivity (Wildman–Crippen MR) is 214 cm³/mol. The Kier molecular flexibility index (Phi) is 9.97. The first kappa shape index (κ1) is 34.9. The fourth-order valence-electron chi connectivity index (χ4n) is 7.77. The molecule has 2 aromatic heterocycles. The number of para-hydroxylation sites is 2. The number of terminal acetylenes is 6. The van der Waals surface area contributed by atoms with Gasteiger partial charge in [-0.3, -0.25) is 0 Å². The third kappa shape index (κ3) is 6.00. The van der Waals surface area contributed by atoms with Crippen LogP contribution in [0.5, 0.6) is 23.0 Å². The van der Waals surface area contributed by atoms with E-state index in [1.807, 2.05) is 60.7 Å². The summed E-state index contributed by atoms with van der Waals surface area (Å²) in [5.74, 6) is 17.7. The molecule has 0 spiro atoms. The molecule has 0 N–H and O–H groups in total. The maximum Gasteiger partial charge on any atom is 0.148 e. The minimum atomic E-state index is -0.450. The highest BCUT2D eigenvalue weighted by Crippen LogP contribution is 2.57. The van der Waals surface area contributed by atoms with Gasteiger partial charge < -0.3 is 28.1 Å². The molecule has 1 aliphatic rings. The van der Waals surface area contributed by atoms with Crippen molar-refractivity contribution in [2.45, 2.75) is 24.9 Å². The van der Waals surface area contributed by atoms with Gasteiger partial charge in [0.1, 0.15) is 49.4 Å². The molecule has 2 atom stereocenters. The van der Waals surface area contributed by atoms with Gasteiger partial charge in [-0.2, -0.15) is 0 Å². The number of aromatic nitrogens is 2. The van der Waals surface area contributed by atoms with Crippen molar-refractivity contribution in [1.29, 1.82) is 0 Å². The topological polar surface area (TPSA) is 46.8 Å². The fraction of sp³-hybridized carbons (Fsp3) is 0.167. The SMILES string of the molecule is C#CCOc1ccc(OCC#C)c(C2c3c(n(CC#C)c4ccccc34)C(c3cc(OCC#C)ccc3OCC#C)c3c2n(CC#C)c2ccccc32)c1. The van der Waals surface area contributed by atoms with Crippen LogP contribution in [0.15, 0.2) is 84.9 Å². The lowest BCUT2D eigenvalue weighted by molar-refractivity contribution is 0.354. The van der Waals surface area contributed by atoms with Gasteiger partial charge >= 0.3 is 0 Å². The van der Waals surface area contributed by atoms with Crippen LogP contribution in [0.25, 0.3) is 21.8 Å². The number of benzene rings is 4. The normalized spacial score (nSPS) is 13.9. The molecule has 0 amide bonds. The molecule has 0 bridgehead atoms. The van der Waals surface area contributed by atoms with Crippen molar-refractivity contribution < 1.29 is 18.9 Å². The third-order valence-corrected chi connectivity index (χ3v) is 9.58. The Bertz CT molecular complexity index is 2480. The number of rotatable bonds is 12. The lowest BCUT2D eigenvalue weighted by atomic mass is 9.71. The molecule has 2 heterocycles. The Morgan fingerprint density at radius 1 is 0.463 bits per heavy atom. The van der Waals surface area contributed by atoms with Crippen LogP contribution < -0.4 is 18.9 Å². The second-order valence-corrected chi connectivity index (χ2v) is 12.4. The van der Waals surface area contributed by atoms with Gasteiger partial charge in [0, 0.05) is 44.3 Å². The van der Waals surface area contributed by atoms with Gasteiger partial charge in [0.15, 0.2) is 0 Å². The minimum absolute atomic E-state index is 0.0547. The molecule has 6 heteroatoms. The fourth-order valence-corrected chi connectivity index (χ4v) is 7.77. The van der Waals surface area contributed by atoms with Gasteiger partial charge in [0.25, 0.3) is 0 Å². The van der Waals surface area contributed by atoms with Crippen LogP contribution in [0, 0.1) is 74.1 Å². The van der Waals surface area contributed by atoms with E-state index >= 15 is 0 Å². The van der Waals surface area contributed by atoms with Crippen LogP contribution in [0.3, 0.4) is 0 Å². The highest BCUT2D eigenvalue weighted by molar-refractivity contribution is 5.95. The first-order chi connectivity index (χ1) is 26.6. The summed E-state index contributed by atoms with van der Waals surface area (Å²) in [7, 11) is 0. The molecule has 0 saturated carbocycles. The second kappa shape index (κ2) is 15.4. The Labute approximate surface area is 316 Å². The summed E-state index contributed by atoms with van der Waals surface area (Å²) in [5, 5.41) is 2.01. The number of hydrogen-bond acceptors (Lipinski definition) is 4. The molecule has 6 nitrogen and oxygen atoms in total. The van der Waals surface area contributed by atoms with E-state index in [9.17, 15) is 0 Å². The van der Waals surface area contributed by atoms with Crippen LogP contribution in [0.2, 0.25) is 0 Å². The van der Waals surface area contributed by atoms with Crippen molar-refractivity contribution >= 4 is 21.8 Å². The van der Waals surface area contributed by atoms with Crippen molar-refractivity contribution in [3.63, 3.8) is 0 Å². The number of fused-ring (bicyclic) bond motifs is 6. The second-order valence-electron chi connectivity index (χ2n) is 12.4. The van der Waals surface area contributed by atoms with Crippen LogP contribution in [-0.4, -0.2) is 35.6 Å². The van der Waals surface area contributed by atoms with Crippen molar-refractivity contribution in [3.8, 4) is 97.1 Å². The van der Waals surface area contributed by atoms with E-state index in [2.05, 4.69) is 68.9 Å². The van der Waals surface area contributed by atoms with Gasteiger partial charge in [0.2, 0.25) is 0 Å². The zero-order valence-corrected chi connectivity index (χ0v) is 29.5. The molecular formula is C48H34N2O4. The van der Waals surface area contributed by atoms with E-state index in [1.165, 1.54) is 0 Å². The Hall–Kier alpha value is -7.48. The van der Waals surface area contributed by atoms with Crippen molar-refractivity contribution in [1.82, 2.24) is 9.13 Å². The lowest BCUT2D eigenvalue weighted by Gasteiger charge is -2.35. The number of hydrogen-bond donors (Lipinski definition) is 0. The van der Waals surface area contributed by atoms with Crippen molar-refractivity contribution in [2.75, 3.05) is 26.4 Å². The van der Waals surface area contributed by atoms with Crippen LogP contribution in [-0.2, 0) is 13.1 Å². The summed E-state index contributed by atoms with van der Waals surface area (Å²) in [5.41, 5.74) is 7.52. The third-order valence-electron chi connectivity index (χ3n) is 9.58. The summed E-state index contributed by atoms with van der Waals surface area (Å²) >= 11 is 0. The van der Waals surface area contributed by atoms with Crippen LogP contribution in [0.4, 0.5) is 0 Å². The van der Waals surface area contributed by atoms with Crippen LogP contribution in [0.1, 0.15) is 45.5 Å². The smallest absolute Gasteiger partial charge is 0.148 e. The Morgan fingerprint density at radius 2 is 0.852 bits per heavy atom. The summed E-state index contributed by atoms with van der Waals surface area (Å²) in [6.45, 7) is 0.863. The molecule has 1 aliphatic carbocycles. The number of ether oxygens (including phenoxy) is 4. The summed E-state index contributed by atoms with van der Waals surface area (Å²) < 4.78 is 29.1. The Balaban J connectivity index is 1.69. The Morgan fingerprint density at radius 3 is 1.24 bits per heavy atom. The molecule has 0 radical (unpaired) electrons. The van der Waals surface area contributed by atoms with Gasteiger partial charge in [-0.05, 0) is 59.7 Å². The standard InChI is InChI=1S/C48H34N2O4/c1-7-25-49-39-19-15-13-17-35(39)43-46(38-32-34(52-28-10-4)22-24-42(38)54-30-12-6)48-44(36-18-14-16-20-40(36)50(48)26-8-2)45(47(43)49)37-31-33(51-27-9-3)21-23-41(37)53-29-11-5/h1-6,13-24,31-32,45-46H,25-30H2. The molecule has 6 aromatic rings. The average molecular weight is 703 g/mol. The van der Waals surface area contributed by atoms with E-state index in [0.717, 1.165) is 55.4 Å².